The van der Waals surface area contributed by atoms with Gasteiger partial charge in [0, 0.05) is 13.0 Å². The van der Waals surface area contributed by atoms with Gasteiger partial charge in [-0.3, -0.25) is 9.59 Å². The topological polar surface area (TPSA) is 106 Å². The van der Waals surface area contributed by atoms with Gasteiger partial charge in [-0.05, 0) is 47.9 Å². The number of hydrogen-bond acceptors (Lipinski definition) is 6. The molecule has 1 heterocycles. The van der Waals surface area contributed by atoms with Crippen LogP contribution in [0, 0.1) is 12.7 Å². The second-order valence-corrected chi connectivity index (χ2v) is 9.73. The van der Waals surface area contributed by atoms with Crippen molar-refractivity contribution >= 4 is 23.5 Å². The molecule has 3 aromatic rings. The first kappa shape index (κ1) is 29.7. The van der Waals surface area contributed by atoms with Crippen molar-refractivity contribution in [2.24, 2.45) is 0 Å². The van der Waals surface area contributed by atoms with Gasteiger partial charge in [-0.1, -0.05) is 55.5 Å². The first-order valence-electron chi connectivity index (χ1n) is 13.3. The van der Waals surface area contributed by atoms with Crippen LogP contribution in [0.4, 0.5) is 14.9 Å². The second kappa shape index (κ2) is 13.9. The van der Waals surface area contributed by atoms with Crippen LogP contribution in [0.2, 0.25) is 0 Å². The van der Waals surface area contributed by atoms with Gasteiger partial charge in [0.1, 0.15) is 30.3 Å². The zero-order valence-corrected chi connectivity index (χ0v) is 23.3. The van der Waals surface area contributed by atoms with Gasteiger partial charge in [-0.15, -0.1) is 0 Å². The van der Waals surface area contributed by atoms with Crippen molar-refractivity contribution in [3.63, 3.8) is 0 Å². The van der Waals surface area contributed by atoms with Gasteiger partial charge in [0.05, 0.1) is 25.5 Å². The zero-order valence-electron chi connectivity index (χ0n) is 23.3. The Morgan fingerprint density at radius 2 is 1.71 bits per heavy atom. The molecule has 3 aromatic carbocycles. The van der Waals surface area contributed by atoms with Crippen molar-refractivity contribution < 1.29 is 33.0 Å². The van der Waals surface area contributed by atoms with Crippen LogP contribution in [0.3, 0.4) is 0 Å². The minimum Gasteiger partial charge on any atom is -0.491 e. The molecule has 0 spiro atoms. The Bertz CT molecular complexity index is 1350. The Morgan fingerprint density at radius 3 is 2.39 bits per heavy atom. The fraction of sp³-hybridized carbons (Fsp3) is 0.323. The number of imide groups is 1. The van der Waals surface area contributed by atoms with E-state index in [1.165, 1.54) is 12.1 Å². The van der Waals surface area contributed by atoms with Gasteiger partial charge in [0.15, 0.2) is 0 Å². The summed E-state index contributed by atoms with van der Waals surface area (Å²) < 4.78 is 30.6. The number of urea groups is 1. The summed E-state index contributed by atoms with van der Waals surface area (Å²) in [5, 5.41) is 5.28. The van der Waals surface area contributed by atoms with Gasteiger partial charge < -0.3 is 24.8 Å². The average molecular weight is 564 g/mol. The second-order valence-electron chi connectivity index (χ2n) is 9.73. The van der Waals surface area contributed by atoms with Crippen LogP contribution in [0.1, 0.15) is 35.6 Å². The fourth-order valence-electron chi connectivity index (χ4n) is 4.64. The van der Waals surface area contributed by atoms with Gasteiger partial charge in [-0.25, -0.2) is 14.1 Å². The van der Waals surface area contributed by atoms with Gasteiger partial charge in [0.2, 0.25) is 5.91 Å². The van der Waals surface area contributed by atoms with Crippen LogP contribution < -0.4 is 15.4 Å². The molecule has 1 aliphatic rings. The summed E-state index contributed by atoms with van der Waals surface area (Å²) in [7, 11) is 1.60. The fourth-order valence-corrected chi connectivity index (χ4v) is 4.64. The molecule has 2 unspecified atom stereocenters. The summed E-state index contributed by atoms with van der Waals surface area (Å²) in [4.78, 5) is 41.5. The third-order valence-corrected chi connectivity index (χ3v) is 6.84. The molecule has 1 aliphatic heterocycles. The number of nitrogens with zero attached hydrogens (tertiary/aromatic N) is 1. The number of nitrogens with one attached hydrogen (secondary N) is 2. The summed E-state index contributed by atoms with van der Waals surface area (Å²) >= 11 is 0. The zero-order chi connectivity index (χ0) is 29.4. The lowest BCUT2D eigenvalue weighted by Crippen LogP contribution is -2.50. The SMILES string of the molecule is COCCOCCOc1ccc([C@H]2NC(=O)N(C(C(=O)Nc3ccc(C)cc3F)C(C)c3ccccc3)C2=O)cc1. The normalized spacial score (nSPS) is 16.3. The number of methoxy groups -OCH3 is 1. The average Bonchev–Trinajstić information content (AvgIpc) is 3.26. The molecule has 0 bridgehead atoms. The van der Waals surface area contributed by atoms with Crippen LogP contribution in [0.25, 0.3) is 0 Å². The molecule has 41 heavy (non-hydrogen) atoms. The molecule has 1 saturated heterocycles. The Balaban J connectivity index is 1.52. The molecule has 10 heteroatoms. The number of ether oxygens (including phenoxy) is 3. The molecule has 216 valence electrons. The number of hydrogen-bond donors (Lipinski definition) is 2. The highest BCUT2D eigenvalue weighted by molar-refractivity contribution is 6.10. The first-order chi connectivity index (χ1) is 19.8. The Hall–Kier alpha value is -4.28. The van der Waals surface area contributed by atoms with Crippen LogP contribution in [-0.4, -0.2) is 62.3 Å². The lowest BCUT2D eigenvalue weighted by molar-refractivity contribution is -0.134. The molecule has 0 aromatic heterocycles. The molecule has 4 rings (SSSR count). The molecule has 0 saturated carbocycles. The molecule has 3 atom stereocenters. The van der Waals surface area contributed by atoms with Crippen molar-refractivity contribution in [3.05, 3.63) is 95.3 Å². The largest absolute Gasteiger partial charge is 0.491 e. The van der Waals surface area contributed by atoms with E-state index < -0.39 is 41.7 Å². The van der Waals surface area contributed by atoms with Gasteiger partial charge in [-0.2, -0.15) is 0 Å². The van der Waals surface area contributed by atoms with Crippen molar-refractivity contribution in [2.75, 3.05) is 38.9 Å². The summed E-state index contributed by atoms with van der Waals surface area (Å²) in [5.41, 5.74) is 1.94. The highest BCUT2D eigenvalue weighted by Crippen LogP contribution is 2.32. The van der Waals surface area contributed by atoms with E-state index >= 15 is 0 Å². The number of carbonyl (C=O) groups excluding carboxylic acids is 3. The Morgan fingerprint density at radius 1 is 1.00 bits per heavy atom. The minimum absolute atomic E-state index is 0.0332. The molecule has 2 N–H and O–H groups in total. The lowest BCUT2D eigenvalue weighted by atomic mass is 9.91. The summed E-state index contributed by atoms with van der Waals surface area (Å²) in [6, 6.07) is 17.3. The van der Waals surface area contributed by atoms with E-state index in [4.69, 9.17) is 14.2 Å². The van der Waals surface area contributed by atoms with Crippen molar-refractivity contribution in [1.29, 1.82) is 0 Å². The van der Waals surface area contributed by atoms with E-state index in [-0.39, 0.29) is 5.69 Å². The summed E-state index contributed by atoms with van der Waals surface area (Å²) in [5.74, 6) is -1.87. The third kappa shape index (κ3) is 7.27. The predicted octanol–water partition coefficient (Wildman–Crippen LogP) is 4.58. The molecule has 0 aliphatic carbocycles. The van der Waals surface area contributed by atoms with Crippen molar-refractivity contribution in [2.45, 2.75) is 31.8 Å². The highest BCUT2D eigenvalue weighted by Gasteiger charge is 2.47. The third-order valence-electron chi connectivity index (χ3n) is 6.84. The molecular weight excluding hydrogens is 529 g/mol. The Kier molecular flexibility index (Phi) is 10.0. The van der Waals surface area contributed by atoms with E-state index in [1.54, 1.807) is 51.3 Å². The standard InChI is InChI=1S/C31H34FN3O6/c1-20-9-14-26(25(32)19-20)33-29(36)28(21(2)22-7-5-4-6-8-22)35-30(37)27(34-31(35)38)23-10-12-24(13-11-23)41-18-17-40-16-15-39-3/h4-14,19,21,27-28H,15-18H2,1-3H3,(H,33,36)(H,34,38)/t21?,27-,28?/m1/s1. The first-order valence-corrected chi connectivity index (χ1v) is 13.3. The maximum absolute atomic E-state index is 14.6. The van der Waals surface area contributed by atoms with Gasteiger partial charge >= 0.3 is 6.03 Å². The van der Waals surface area contributed by atoms with Crippen molar-refractivity contribution in [3.8, 4) is 5.75 Å². The van der Waals surface area contributed by atoms with E-state index in [9.17, 15) is 18.8 Å². The minimum atomic E-state index is -1.24. The monoisotopic (exact) mass is 563 g/mol. The van der Waals surface area contributed by atoms with Crippen LogP contribution in [0.5, 0.6) is 5.75 Å². The lowest BCUT2D eigenvalue weighted by Gasteiger charge is -2.30. The quantitative estimate of drug-likeness (QED) is 0.233. The molecule has 4 amide bonds. The number of aryl methyl sites for hydroxylation is 1. The van der Waals surface area contributed by atoms with Gasteiger partial charge in [0.25, 0.3) is 5.91 Å². The van der Waals surface area contributed by atoms with E-state index in [1.807, 2.05) is 30.3 Å². The van der Waals surface area contributed by atoms with E-state index in [0.29, 0.717) is 43.3 Å². The van der Waals surface area contributed by atoms with Crippen LogP contribution in [0.15, 0.2) is 72.8 Å². The van der Waals surface area contributed by atoms with Crippen LogP contribution >= 0.6 is 0 Å². The number of amides is 4. The highest BCUT2D eigenvalue weighted by atomic mass is 19.1. The van der Waals surface area contributed by atoms with Crippen molar-refractivity contribution in [1.82, 2.24) is 10.2 Å². The van der Waals surface area contributed by atoms with E-state index in [0.717, 1.165) is 10.5 Å². The molecule has 0 radical (unpaired) electrons. The molecular formula is C31H34FN3O6. The summed E-state index contributed by atoms with van der Waals surface area (Å²) in [6.45, 7) is 5.20. The smallest absolute Gasteiger partial charge is 0.325 e. The maximum Gasteiger partial charge on any atom is 0.325 e. The Labute approximate surface area is 238 Å². The molecule has 1 fully saturated rings. The number of halogens is 1. The van der Waals surface area contributed by atoms with E-state index in [2.05, 4.69) is 10.6 Å². The number of carbonyl (C=O) groups is 3. The predicted molar refractivity (Wildman–Crippen MR) is 151 cm³/mol. The number of anilines is 1. The van der Waals surface area contributed by atoms with Crippen LogP contribution in [-0.2, 0) is 19.1 Å². The maximum atomic E-state index is 14.6. The number of benzene rings is 3. The summed E-state index contributed by atoms with van der Waals surface area (Å²) in [6.07, 6.45) is 0. The number of rotatable bonds is 13. The molecule has 9 nitrogen and oxygen atoms in total.